The summed E-state index contributed by atoms with van der Waals surface area (Å²) in [4.78, 5) is 2.12. The monoisotopic (exact) mass is 219 g/mol. The van der Waals surface area contributed by atoms with E-state index < -0.39 is 0 Å². The molecule has 0 aromatic heterocycles. The summed E-state index contributed by atoms with van der Waals surface area (Å²) in [5, 5.41) is 0. The molecule has 0 aliphatic carbocycles. The molecule has 1 aromatic rings. The van der Waals surface area contributed by atoms with E-state index in [-0.39, 0.29) is 0 Å². The van der Waals surface area contributed by atoms with E-state index >= 15 is 0 Å². The molecule has 2 heteroatoms. The van der Waals surface area contributed by atoms with Crippen LogP contribution in [0.2, 0.25) is 0 Å². The van der Waals surface area contributed by atoms with Crippen LogP contribution in [0.15, 0.2) is 36.4 Å². The van der Waals surface area contributed by atoms with E-state index in [4.69, 9.17) is 4.74 Å². The van der Waals surface area contributed by atoms with Crippen LogP contribution in [0.5, 0.6) is 0 Å². The Bertz CT molecular complexity index is 317. The Morgan fingerprint density at radius 1 is 1.25 bits per heavy atom. The SMILES string of the molecule is CCC=C(OCCN(C)C)c1ccccc1. The first-order chi connectivity index (χ1) is 7.74. The van der Waals surface area contributed by atoms with Gasteiger partial charge in [-0.1, -0.05) is 37.3 Å². The second-order valence-electron chi connectivity index (χ2n) is 3.99. The fraction of sp³-hybridized carbons (Fsp3) is 0.429. The molecule has 0 unspecified atom stereocenters. The van der Waals surface area contributed by atoms with Gasteiger partial charge in [-0.05, 0) is 26.6 Å². The van der Waals surface area contributed by atoms with Crippen molar-refractivity contribution in [2.75, 3.05) is 27.2 Å². The maximum atomic E-state index is 5.80. The summed E-state index contributed by atoms with van der Waals surface area (Å²) in [5.41, 5.74) is 1.16. The Morgan fingerprint density at radius 2 is 1.94 bits per heavy atom. The van der Waals surface area contributed by atoms with Crippen LogP contribution in [0.4, 0.5) is 0 Å². The van der Waals surface area contributed by atoms with E-state index in [0.717, 1.165) is 30.9 Å². The highest BCUT2D eigenvalue weighted by Crippen LogP contribution is 2.15. The highest BCUT2D eigenvalue weighted by Gasteiger charge is 2.01. The van der Waals surface area contributed by atoms with Crippen molar-refractivity contribution in [2.24, 2.45) is 0 Å². The van der Waals surface area contributed by atoms with E-state index in [0.29, 0.717) is 0 Å². The van der Waals surface area contributed by atoms with Crippen molar-refractivity contribution >= 4 is 5.76 Å². The third kappa shape index (κ3) is 4.49. The van der Waals surface area contributed by atoms with Gasteiger partial charge in [0, 0.05) is 12.1 Å². The van der Waals surface area contributed by atoms with Crippen LogP contribution >= 0.6 is 0 Å². The molecule has 0 spiro atoms. The number of nitrogens with zero attached hydrogens (tertiary/aromatic N) is 1. The van der Waals surface area contributed by atoms with Gasteiger partial charge in [0.2, 0.25) is 0 Å². The molecule has 0 saturated carbocycles. The van der Waals surface area contributed by atoms with E-state index in [9.17, 15) is 0 Å². The molecule has 16 heavy (non-hydrogen) atoms. The van der Waals surface area contributed by atoms with Crippen molar-refractivity contribution in [3.8, 4) is 0 Å². The minimum Gasteiger partial charge on any atom is -0.492 e. The zero-order valence-corrected chi connectivity index (χ0v) is 10.4. The molecule has 88 valence electrons. The van der Waals surface area contributed by atoms with E-state index in [1.165, 1.54) is 0 Å². The molecule has 0 amide bonds. The molecule has 0 fully saturated rings. The van der Waals surface area contributed by atoms with Gasteiger partial charge >= 0.3 is 0 Å². The Labute approximate surface area is 98.5 Å². The Balaban J connectivity index is 2.59. The second kappa shape index (κ2) is 7.07. The Hall–Kier alpha value is -1.28. The minimum absolute atomic E-state index is 0.730. The van der Waals surface area contributed by atoms with E-state index in [1.807, 2.05) is 18.2 Å². The summed E-state index contributed by atoms with van der Waals surface area (Å²) < 4.78 is 5.80. The summed E-state index contributed by atoms with van der Waals surface area (Å²) >= 11 is 0. The zero-order chi connectivity index (χ0) is 11.8. The first kappa shape index (κ1) is 12.8. The minimum atomic E-state index is 0.730. The zero-order valence-electron chi connectivity index (χ0n) is 10.4. The number of benzene rings is 1. The van der Waals surface area contributed by atoms with Crippen LogP contribution in [-0.4, -0.2) is 32.1 Å². The molecule has 0 atom stereocenters. The summed E-state index contributed by atoms with van der Waals surface area (Å²) in [6.45, 7) is 3.79. The molecule has 0 aliphatic heterocycles. The molecule has 0 radical (unpaired) electrons. The van der Waals surface area contributed by atoms with Crippen molar-refractivity contribution in [2.45, 2.75) is 13.3 Å². The number of allylic oxidation sites excluding steroid dienone is 1. The molecule has 1 rings (SSSR count). The quantitative estimate of drug-likeness (QED) is 0.682. The fourth-order valence-electron chi connectivity index (χ4n) is 1.39. The molecule has 0 heterocycles. The van der Waals surface area contributed by atoms with Gasteiger partial charge in [-0.15, -0.1) is 0 Å². The normalized spacial score (nSPS) is 11.9. The smallest absolute Gasteiger partial charge is 0.122 e. The van der Waals surface area contributed by atoms with Crippen LogP contribution in [-0.2, 0) is 4.74 Å². The van der Waals surface area contributed by atoms with Gasteiger partial charge in [-0.2, -0.15) is 0 Å². The van der Waals surface area contributed by atoms with Crippen LogP contribution in [0.1, 0.15) is 18.9 Å². The lowest BCUT2D eigenvalue weighted by atomic mass is 10.1. The van der Waals surface area contributed by atoms with Crippen LogP contribution in [0.25, 0.3) is 5.76 Å². The molecule has 0 saturated heterocycles. The van der Waals surface area contributed by atoms with Gasteiger partial charge in [0.1, 0.15) is 12.4 Å². The van der Waals surface area contributed by atoms with Crippen LogP contribution in [0.3, 0.4) is 0 Å². The standard InChI is InChI=1S/C14H21NO/c1-4-8-14(16-12-11-15(2)3)13-9-6-5-7-10-13/h5-10H,4,11-12H2,1-3H3. The van der Waals surface area contributed by atoms with Crippen LogP contribution in [0, 0.1) is 0 Å². The third-order valence-corrected chi connectivity index (χ3v) is 2.24. The molecule has 0 N–H and O–H groups in total. The van der Waals surface area contributed by atoms with Crippen molar-refractivity contribution < 1.29 is 4.74 Å². The average molecular weight is 219 g/mol. The lowest BCUT2D eigenvalue weighted by Gasteiger charge is -2.13. The number of hydrogen-bond acceptors (Lipinski definition) is 2. The molecular weight excluding hydrogens is 198 g/mol. The third-order valence-electron chi connectivity index (χ3n) is 2.24. The molecule has 2 nitrogen and oxygen atoms in total. The summed E-state index contributed by atoms with van der Waals surface area (Å²) in [6.07, 6.45) is 3.12. The van der Waals surface area contributed by atoms with E-state index in [1.54, 1.807) is 0 Å². The van der Waals surface area contributed by atoms with Gasteiger partial charge in [0.05, 0.1) is 0 Å². The van der Waals surface area contributed by atoms with Crippen LogP contribution < -0.4 is 0 Å². The van der Waals surface area contributed by atoms with Crippen molar-refractivity contribution in [1.29, 1.82) is 0 Å². The predicted molar refractivity (Wildman–Crippen MR) is 69.2 cm³/mol. The maximum absolute atomic E-state index is 5.80. The maximum Gasteiger partial charge on any atom is 0.122 e. The average Bonchev–Trinajstić information content (AvgIpc) is 2.29. The second-order valence-corrected chi connectivity index (χ2v) is 3.99. The lowest BCUT2D eigenvalue weighted by Crippen LogP contribution is -2.17. The van der Waals surface area contributed by atoms with Gasteiger partial charge in [0.25, 0.3) is 0 Å². The molecule has 0 aliphatic rings. The summed E-state index contributed by atoms with van der Waals surface area (Å²) in [7, 11) is 4.10. The van der Waals surface area contributed by atoms with E-state index in [2.05, 4.69) is 44.1 Å². The number of likely N-dealkylation sites (N-methyl/N-ethyl adjacent to an activating group) is 1. The Kier molecular flexibility index (Phi) is 5.65. The van der Waals surface area contributed by atoms with Gasteiger partial charge < -0.3 is 9.64 Å². The fourth-order valence-corrected chi connectivity index (χ4v) is 1.39. The highest BCUT2D eigenvalue weighted by molar-refractivity contribution is 5.59. The molecular formula is C14H21NO. The summed E-state index contributed by atoms with van der Waals surface area (Å²) in [6, 6.07) is 10.3. The van der Waals surface area contributed by atoms with Crippen molar-refractivity contribution in [3.05, 3.63) is 42.0 Å². The molecule has 0 bridgehead atoms. The number of rotatable bonds is 6. The highest BCUT2D eigenvalue weighted by atomic mass is 16.5. The first-order valence-corrected chi connectivity index (χ1v) is 5.77. The van der Waals surface area contributed by atoms with Crippen molar-refractivity contribution in [1.82, 2.24) is 4.90 Å². The summed E-state index contributed by atoms with van der Waals surface area (Å²) in [5.74, 6) is 0.991. The number of ether oxygens (including phenoxy) is 1. The number of hydrogen-bond donors (Lipinski definition) is 0. The van der Waals surface area contributed by atoms with Crippen molar-refractivity contribution in [3.63, 3.8) is 0 Å². The van der Waals surface area contributed by atoms with Gasteiger partial charge in [-0.3, -0.25) is 0 Å². The van der Waals surface area contributed by atoms with Gasteiger partial charge in [-0.25, -0.2) is 0 Å². The largest absolute Gasteiger partial charge is 0.492 e. The first-order valence-electron chi connectivity index (χ1n) is 5.77. The molecule has 1 aromatic carbocycles. The van der Waals surface area contributed by atoms with Gasteiger partial charge in [0.15, 0.2) is 0 Å². The lowest BCUT2D eigenvalue weighted by molar-refractivity contribution is 0.232. The predicted octanol–water partition coefficient (Wildman–Crippen LogP) is 3.02. The Morgan fingerprint density at radius 3 is 2.50 bits per heavy atom. The topological polar surface area (TPSA) is 12.5 Å².